The Morgan fingerprint density at radius 2 is 1.73 bits per heavy atom. The van der Waals surface area contributed by atoms with Crippen molar-refractivity contribution in [3.63, 3.8) is 0 Å². The van der Waals surface area contributed by atoms with E-state index in [1.54, 1.807) is 0 Å². The minimum atomic E-state index is -0.743. The summed E-state index contributed by atoms with van der Waals surface area (Å²) < 4.78 is 0. The molecule has 2 aliphatic heterocycles. The maximum atomic E-state index is 12.1. The lowest BCUT2D eigenvalue weighted by atomic mass is 9.80. The molecule has 7 heteroatoms. The fourth-order valence-electron chi connectivity index (χ4n) is 3.25. The molecule has 7 nitrogen and oxygen atoms in total. The van der Waals surface area contributed by atoms with Crippen LogP contribution in [0.4, 0.5) is 0 Å². The van der Waals surface area contributed by atoms with Crippen molar-refractivity contribution in [2.24, 2.45) is 5.92 Å². The Labute approximate surface area is 127 Å². The third kappa shape index (κ3) is 2.63. The van der Waals surface area contributed by atoms with Gasteiger partial charge < -0.3 is 9.74 Å². The highest BCUT2D eigenvalue weighted by atomic mass is 16.7. The van der Waals surface area contributed by atoms with Gasteiger partial charge in [0.2, 0.25) is 5.91 Å². The molecule has 2 heterocycles. The molecule has 2 atom stereocenters. The van der Waals surface area contributed by atoms with Crippen LogP contribution in [0.2, 0.25) is 0 Å². The lowest BCUT2D eigenvalue weighted by Gasteiger charge is -2.47. The molecule has 2 unspecified atom stereocenters. The van der Waals surface area contributed by atoms with Crippen molar-refractivity contribution in [2.45, 2.75) is 44.6 Å². The van der Waals surface area contributed by atoms with Crippen molar-refractivity contribution in [3.8, 4) is 0 Å². The SMILES string of the molecule is O=C(CN1C(=O)C2CC/C=C\CCC21)ON1C(=O)CCC1=O. The highest BCUT2D eigenvalue weighted by molar-refractivity contribution is 6.01. The third-order valence-corrected chi connectivity index (χ3v) is 4.40. The first-order valence-electron chi connectivity index (χ1n) is 7.60. The van der Waals surface area contributed by atoms with Crippen LogP contribution in [-0.2, 0) is 24.0 Å². The van der Waals surface area contributed by atoms with Gasteiger partial charge in [-0.2, -0.15) is 0 Å². The fraction of sp³-hybridized carbons (Fsp3) is 0.600. The van der Waals surface area contributed by atoms with Crippen molar-refractivity contribution in [2.75, 3.05) is 6.54 Å². The van der Waals surface area contributed by atoms with Gasteiger partial charge in [-0.15, -0.1) is 5.06 Å². The Bertz CT molecular complexity index is 540. The number of carbonyl (C=O) groups excluding carboxylic acids is 4. The van der Waals surface area contributed by atoms with Crippen LogP contribution in [0.15, 0.2) is 12.2 Å². The predicted molar refractivity (Wildman–Crippen MR) is 73.8 cm³/mol. The van der Waals surface area contributed by atoms with Crippen LogP contribution in [0.5, 0.6) is 0 Å². The topological polar surface area (TPSA) is 84.0 Å². The third-order valence-electron chi connectivity index (χ3n) is 4.40. The van der Waals surface area contributed by atoms with Crippen molar-refractivity contribution in [3.05, 3.63) is 12.2 Å². The average molecular weight is 306 g/mol. The van der Waals surface area contributed by atoms with Crippen molar-refractivity contribution >= 4 is 23.7 Å². The smallest absolute Gasteiger partial charge is 0.328 e. The summed E-state index contributed by atoms with van der Waals surface area (Å²) in [7, 11) is 0. The summed E-state index contributed by atoms with van der Waals surface area (Å²) in [6, 6.07) is 0.0509. The summed E-state index contributed by atoms with van der Waals surface area (Å²) >= 11 is 0. The normalized spacial score (nSPS) is 29.5. The number of hydrogen-bond acceptors (Lipinski definition) is 5. The number of likely N-dealkylation sites (tertiary alicyclic amines) is 1. The van der Waals surface area contributed by atoms with E-state index >= 15 is 0 Å². The zero-order chi connectivity index (χ0) is 15.7. The molecule has 3 amide bonds. The molecule has 118 valence electrons. The Hall–Kier alpha value is -2.18. The van der Waals surface area contributed by atoms with Gasteiger partial charge in [0, 0.05) is 18.9 Å². The van der Waals surface area contributed by atoms with Gasteiger partial charge in [-0.25, -0.2) is 4.79 Å². The molecule has 0 aromatic rings. The van der Waals surface area contributed by atoms with Crippen LogP contribution in [0, 0.1) is 5.92 Å². The van der Waals surface area contributed by atoms with Gasteiger partial charge in [-0.3, -0.25) is 14.4 Å². The second-order valence-electron chi connectivity index (χ2n) is 5.81. The van der Waals surface area contributed by atoms with Crippen LogP contribution in [-0.4, -0.2) is 46.2 Å². The van der Waals surface area contributed by atoms with E-state index in [0.29, 0.717) is 5.06 Å². The Morgan fingerprint density at radius 3 is 2.41 bits per heavy atom. The number of allylic oxidation sites excluding steroid dienone is 2. The van der Waals surface area contributed by atoms with Crippen LogP contribution >= 0.6 is 0 Å². The summed E-state index contributed by atoms with van der Waals surface area (Å²) in [5, 5.41) is 0.519. The number of hydrogen-bond donors (Lipinski definition) is 0. The number of amides is 3. The summed E-state index contributed by atoms with van der Waals surface area (Å²) in [6.07, 6.45) is 7.68. The minimum Gasteiger partial charge on any atom is -0.328 e. The fourth-order valence-corrected chi connectivity index (χ4v) is 3.25. The number of fused-ring (bicyclic) bond motifs is 1. The second-order valence-corrected chi connectivity index (χ2v) is 5.81. The first-order valence-corrected chi connectivity index (χ1v) is 7.60. The molecule has 2 fully saturated rings. The molecular weight excluding hydrogens is 288 g/mol. The van der Waals surface area contributed by atoms with Gasteiger partial charge in [0.1, 0.15) is 6.54 Å². The van der Waals surface area contributed by atoms with Crippen molar-refractivity contribution in [1.82, 2.24) is 9.96 Å². The van der Waals surface area contributed by atoms with Gasteiger partial charge in [-0.05, 0) is 25.7 Å². The van der Waals surface area contributed by atoms with E-state index in [4.69, 9.17) is 4.84 Å². The second kappa shape index (κ2) is 5.90. The summed E-state index contributed by atoms with van der Waals surface area (Å²) in [5.74, 6) is -1.83. The zero-order valence-corrected chi connectivity index (χ0v) is 12.2. The number of nitrogens with zero attached hydrogens (tertiary/aromatic N) is 2. The molecule has 0 aromatic heterocycles. The number of carbonyl (C=O) groups is 4. The Morgan fingerprint density at radius 1 is 1.09 bits per heavy atom. The predicted octanol–water partition coefficient (Wildman–Crippen LogP) is 0.551. The number of rotatable bonds is 3. The highest BCUT2D eigenvalue weighted by Crippen LogP contribution is 2.34. The number of imide groups is 1. The maximum absolute atomic E-state index is 12.1. The highest BCUT2D eigenvalue weighted by Gasteiger charge is 2.47. The molecule has 0 aromatic carbocycles. The number of β-lactam (4-membered cyclic amide) rings is 1. The van der Waals surface area contributed by atoms with E-state index in [2.05, 4.69) is 12.2 Å². The first kappa shape index (κ1) is 14.7. The average Bonchev–Trinajstić information content (AvgIpc) is 2.77. The van der Waals surface area contributed by atoms with Crippen molar-refractivity contribution < 1.29 is 24.0 Å². The van der Waals surface area contributed by atoms with E-state index in [9.17, 15) is 19.2 Å². The van der Waals surface area contributed by atoms with Gasteiger partial charge in [-0.1, -0.05) is 12.2 Å². The van der Waals surface area contributed by atoms with Crippen molar-refractivity contribution in [1.29, 1.82) is 0 Å². The minimum absolute atomic E-state index is 0.0206. The molecule has 22 heavy (non-hydrogen) atoms. The molecule has 2 saturated heterocycles. The Kier molecular flexibility index (Phi) is 3.96. The monoisotopic (exact) mass is 306 g/mol. The Balaban J connectivity index is 1.57. The molecule has 3 aliphatic rings. The van der Waals surface area contributed by atoms with E-state index in [0.717, 1.165) is 25.7 Å². The van der Waals surface area contributed by atoms with Gasteiger partial charge in [0.05, 0.1) is 5.92 Å². The van der Waals surface area contributed by atoms with E-state index in [1.165, 1.54) is 4.90 Å². The molecule has 3 rings (SSSR count). The molecule has 0 N–H and O–H groups in total. The van der Waals surface area contributed by atoms with E-state index in [-0.39, 0.29) is 37.3 Å². The summed E-state index contributed by atoms with van der Waals surface area (Å²) in [6.45, 7) is -0.208. The molecule has 1 aliphatic carbocycles. The zero-order valence-electron chi connectivity index (χ0n) is 12.2. The summed E-state index contributed by atoms with van der Waals surface area (Å²) in [5.41, 5.74) is 0. The van der Waals surface area contributed by atoms with Gasteiger partial charge in [0.25, 0.3) is 11.8 Å². The van der Waals surface area contributed by atoms with Crippen LogP contribution in [0.1, 0.15) is 38.5 Å². The molecule has 0 spiro atoms. The van der Waals surface area contributed by atoms with Crippen LogP contribution < -0.4 is 0 Å². The number of hydroxylamine groups is 2. The molecule has 0 bridgehead atoms. The largest absolute Gasteiger partial charge is 0.352 e. The first-order chi connectivity index (χ1) is 10.6. The van der Waals surface area contributed by atoms with E-state index < -0.39 is 17.8 Å². The standard InChI is InChI=1S/C15H18N2O5/c18-12-7-8-13(19)17(12)22-14(20)9-16-11-6-4-2-1-3-5-10(11)15(16)21/h1-2,10-11H,3-9H2/b2-1-. The maximum Gasteiger partial charge on any atom is 0.352 e. The van der Waals surface area contributed by atoms with Gasteiger partial charge >= 0.3 is 5.97 Å². The van der Waals surface area contributed by atoms with E-state index in [1.807, 2.05) is 0 Å². The molecule has 0 saturated carbocycles. The summed E-state index contributed by atoms with van der Waals surface area (Å²) in [4.78, 5) is 53.1. The van der Waals surface area contributed by atoms with Crippen LogP contribution in [0.25, 0.3) is 0 Å². The molecule has 0 radical (unpaired) electrons. The quantitative estimate of drug-likeness (QED) is 0.432. The lowest BCUT2D eigenvalue weighted by molar-refractivity contribution is -0.200. The van der Waals surface area contributed by atoms with Crippen LogP contribution in [0.3, 0.4) is 0 Å². The lowest BCUT2D eigenvalue weighted by Crippen LogP contribution is -2.62. The van der Waals surface area contributed by atoms with Gasteiger partial charge in [0.15, 0.2) is 0 Å². The molecular formula is C15H18N2O5.